The fourth-order valence-corrected chi connectivity index (χ4v) is 1.59. The van der Waals surface area contributed by atoms with Crippen molar-refractivity contribution in [1.29, 1.82) is 0 Å². The molecule has 0 saturated carbocycles. The maximum atomic E-state index is 8.90. The monoisotopic (exact) mass is 234 g/mol. The molecule has 1 rings (SSSR count). The average molecular weight is 234 g/mol. The predicted octanol–water partition coefficient (Wildman–Crippen LogP) is 3.23. The Morgan fingerprint density at radius 1 is 1.18 bits per heavy atom. The van der Waals surface area contributed by atoms with Gasteiger partial charge in [-0.25, -0.2) is 0 Å². The molecule has 1 aromatic rings. The summed E-state index contributed by atoms with van der Waals surface area (Å²) in [5, 5.41) is 23.8. The van der Waals surface area contributed by atoms with E-state index in [0.717, 1.165) is 12.0 Å². The van der Waals surface area contributed by atoms with Crippen LogP contribution in [0, 0.1) is 0 Å². The molecule has 0 aliphatic rings. The molecule has 92 valence electrons. The summed E-state index contributed by atoms with van der Waals surface area (Å²) in [4.78, 5) is 0. The maximum absolute atomic E-state index is 8.90. The Balaban J connectivity index is 3.02. The molecule has 0 spiro atoms. The third-order valence-corrected chi connectivity index (χ3v) is 2.96. The minimum absolute atomic E-state index is 0.281. The first-order valence-corrected chi connectivity index (χ1v) is 5.65. The van der Waals surface area contributed by atoms with Crippen molar-refractivity contribution >= 4 is 11.4 Å². The van der Waals surface area contributed by atoms with Crippen molar-refractivity contribution in [1.82, 2.24) is 0 Å². The summed E-state index contributed by atoms with van der Waals surface area (Å²) in [5.74, 6) is 0.506. The molecule has 17 heavy (non-hydrogen) atoms. The molecule has 0 heterocycles. The number of hydrogen-bond donors (Lipinski definition) is 2. The molecule has 2 N–H and O–H groups in total. The van der Waals surface area contributed by atoms with Gasteiger partial charge in [-0.05, 0) is 24.8 Å². The molecule has 0 fully saturated rings. The van der Waals surface area contributed by atoms with Crippen molar-refractivity contribution in [3.8, 4) is 0 Å². The molecule has 0 saturated heterocycles. The average Bonchev–Trinajstić information content (AvgIpc) is 2.39. The Hall–Kier alpha value is -1.84. The van der Waals surface area contributed by atoms with E-state index in [9.17, 15) is 0 Å². The summed E-state index contributed by atoms with van der Waals surface area (Å²) in [5.41, 5.74) is 2.54. The van der Waals surface area contributed by atoms with Crippen molar-refractivity contribution in [2.24, 2.45) is 10.3 Å². The number of nitrogens with zero attached hydrogens (tertiary/aromatic N) is 2. The summed E-state index contributed by atoms with van der Waals surface area (Å²) in [7, 11) is 0. The SMILES string of the molecule is CCC(C)c1ccc(C(=N\O)/C(C)=N/O)cc1. The van der Waals surface area contributed by atoms with Crippen LogP contribution >= 0.6 is 0 Å². The second kappa shape index (κ2) is 6.03. The topological polar surface area (TPSA) is 65.2 Å². The van der Waals surface area contributed by atoms with Crippen LogP contribution in [-0.4, -0.2) is 21.8 Å². The van der Waals surface area contributed by atoms with E-state index in [-0.39, 0.29) is 11.4 Å². The fraction of sp³-hybridized carbons (Fsp3) is 0.385. The van der Waals surface area contributed by atoms with Crippen molar-refractivity contribution in [2.75, 3.05) is 0 Å². The van der Waals surface area contributed by atoms with Gasteiger partial charge in [0, 0.05) is 5.56 Å². The van der Waals surface area contributed by atoms with Gasteiger partial charge in [-0.15, -0.1) is 0 Å². The van der Waals surface area contributed by atoms with E-state index in [2.05, 4.69) is 24.2 Å². The van der Waals surface area contributed by atoms with E-state index in [1.54, 1.807) is 6.92 Å². The highest BCUT2D eigenvalue weighted by atomic mass is 16.4. The highest BCUT2D eigenvalue weighted by Crippen LogP contribution is 2.19. The molecule has 1 aromatic carbocycles. The molecule has 1 atom stereocenters. The van der Waals surface area contributed by atoms with E-state index < -0.39 is 0 Å². The van der Waals surface area contributed by atoms with E-state index in [1.807, 2.05) is 24.3 Å². The van der Waals surface area contributed by atoms with Crippen LogP contribution in [0.1, 0.15) is 44.2 Å². The molecule has 0 amide bonds. The van der Waals surface area contributed by atoms with Crippen LogP contribution in [-0.2, 0) is 0 Å². The van der Waals surface area contributed by atoms with Gasteiger partial charge in [-0.1, -0.05) is 48.4 Å². The van der Waals surface area contributed by atoms with Gasteiger partial charge >= 0.3 is 0 Å². The molecule has 0 aliphatic heterocycles. The maximum Gasteiger partial charge on any atom is 0.134 e. The Morgan fingerprint density at radius 2 is 1.76 bits per heavy atom. The zero-order chi connectivity index (χ0) is 12.8. The molecule has 0 bridgehead atoms. The van der Waals surface area contributed by atoms with Gasteiger partial charge in [0.25, 0.3) is 0 Å². The second-order valence-electron chi connectivity index (χ2n) is 4.07. The van der Waals surface area contributed by atoms with Crippen LogP contribution in [0.3, 0.4) is 0 Å². The van der Waals surface area contributed by atoms with Crippen molar-refractivity contribution in [3.63, 3.8) is 0 Å². The molecular formula is C13H18N2O2. The van der Waals surface area contributed by atoms with Gasteiger partial charge in [0.05, 0.1) is 0 Å². The third kappa shape index (κ3) is 3.06. The lowest BCUT2D eigenvalue weighted by atomic mass is 9.96. The second-order valence-corrected chi connectivity index (χ2v) is 4.07. The molecule has 4 heteroatoms. The molecular weight excluding hydrogens is 216 g/mol. The minimum atomic E-state index is 0.281. The summed E-state index contributed by atoms with van der Waals surface area (Å²) < 4.78 is 0. The molecule has 0 aliphatic carbocycles. The number of rotatable bonds is 4. The van der Waals surface area contributed by atoms with Crippen molar-refractivity contribution in [3.05, 3.63) is 35.4 Å². The molecule has 4 nitrogen and oxygen atoms in total. The van der Waals surface area contributed by atoms with Crippen molar-refractivity contribution < 1.29 is 10.4 Å². The van der Waals surface area contributed by atoms with E-state index >= 15 is 0 Å². The van der Waals surface area contributed by atoms with E-state index in [4.69, 9.17) is 10.4 Å². The normalized spacial score (nSPS) is 14.8. The van der Waals surface area contributed by atoms with Gasteiger partial charge in [-0.3, -0.25) is 0 Å². The number of hydrogen-bond acceptors (Lipinski definition) is 4. The lowest BCUT2D eigenvalue weighted by Gasteiger charge is -2.10. The minimum Gasteiger partial charge on any atom is -0.411 e. The van der Waals surface area contributed by atoms with Crippen LogP contribution in [0.5, 0.6) is 0 Å². The zero-order valence-electron chi connectivity index (χ0n) is 10.4. The lowest BCUT2D eigenvalue weighted by Crippen LogP contribution is -2.12. The van der Waals surface area contributed by atoms with Gasteiger partial charge in [0.2, 0.25) is 0 Å². The summed E-state index contributed by atoms with van der Waals surface area (Å²) >= 11 is 0. The lowest BCUT2D eigenvalue weighted by molar-refractivity contribution is 0.314. The predicted molar refractivity (Wildman–Crippen MR) is 68.4 cm³/mol. The Kier molecular flexibility index (Phi) is 4.69. The first kappa shape index (κ1) is 13.2. The van der Waals surface area contributed by atoms with Gasteiger partial charge in [0.15, 0.2) is 0 Å². The number of oxime groups is 2. The third-order valence-electron chi connectivity index (χ3n) is 2.96. The summed E-state index contributed by atoms with van der Waals surface area (Å²) in [6, 6.07) is 7.73. The van der Waals surface area contributed by atoms with Crippen LogP contribution in [0.2, 0.25) is 0 Å². The Bertz CT molecular complexity index is 422. The highest BCUT2D eigenvalue weighted by molar-refractivity contribution is 6.47. The van der Waals surface area contributed by atoms with Gasteiger partial charge < -0.3 is 10.4 Å². The number of benzene rings is 1. The Labute approximate surface area is 101 Å². The molecule has 0 aromatic heterocycles. The van der Waals surface area contributed by atoms with Crippen LogP contribution in [0.4, 0.5) is 0 Å². The summed E-state index contributed by atoms with van der Waals surface area (Å²) in [6.07, 6.45) is 1.08. The van der Waals surface area contributed by atoms with Crippen LogP contribution < -0.4 is 0 Å². The fourth-order valence-electron chi connectivity index (χ4n) is 1.59. The zero-order valence-corrected chi connectivity index (χ0v) is 10.4. The van der Waals surface area contributed by atoms with Crippen LogP contribution in [0.25, 0.3) is 0 Å². The quantitative estimate of drug-likeness (QED) is 0.477. The standard InChI is InChI=1S/C13H18N2O2/c1-4-9(2)11-5-7-12(8-6-11)13(15-17)10(3)14-16/h5-9,16-17H,4H2,1-3H3/b14-10+,15-13-. The van der Waals surface area contributed by atoms with Crippen LogP contribution in [0.15, 0.2) is 34.6 Å². The van der Waals surface area contributed by atoms with E-state index in [0.29, 0.717) is 5.92 Å². The molecule has 1 unspecified atom stereocenters. The Morgan fingerprint density at radius 3 is 2.18 bits per heavy atom. The largest absolute Gasteiger partial charge is 0.411 e. The first-order chi connectivity index (χ1) is 8.13. The smallest absolute Gasteiger partial charge is 0.134 e. The van der Waals surface area contributed by atoms with Crippen molar-refractivity contribution in [2.45, 2.75) is 33.1 Å². The highest BCUT2D eigenvalue weighted by Gasteiger charge is 2.10. The van der Waals surface area contributed by atoms with Gasteiger partial charge in [-0.2, -0.15) is 0 Å². The molecule has 0 radical (unpaired) electrons. The first-order valence-electron chi connectivity index (χ1n) is 5.65. The van der Waals surface area contributed by atoms with E-state index in [1.165, 1.54) is 5.56 Å². The summed E-state index contributed by atoms with van der Waals surface area (Å²) in [6.45, 7) is 5.88. The van der Waals surface area contributed by atoms with Gasteiger partial charge in [0.1, 0.15) is 11.4 Å².